The molecule has 0 saturated heterocycles. The normalized spacial score (nSPS) is 14.8. The van der Waals surface area contributed by atoms with Crippen molar-refractivity contribution in [3.05, 3.63) is 59.8 Å². The molecule has 120 valence electrons. The van der Waals surface area contributed by atoms with Crippen LogP contribution in [0, 0.1) is 5.92 Å². The van der Waals surface area contributed by atoms with Crippen molar-refractivity contribution >= 4 is 34.6 Å². The highest BCUT2D eigenvalue weighted by molar-refractivity contribution is 5.96. The number of aromatic nitrogens is 2. The number of aromatic amines is 1. The van der Waals surface area contributed by atoms with E-state index in [1.54, 1.807) is 0 Å². The van der Waals surface area contributed by atoms with Crippen LogP contribution in [0.4, 0.5) is 5.69 Å². The van der Waals surface area contributed by atoms with E-state index in [2.05, 4.69) is 15.5 Å². The highest BCUT2D eigenvalue weighted by Gasteiger charge is 2.25. The molecule has 4 nitrogen and oxygen atoms in total. The zero-order valence-electron chi connectivity index (χ0n) is 13.3. The van der Waals surface area contributed by atoms with Gasteiger partial charge in [-0.15, -0.1) is 0 Å². The third-order valence-electron chi connectivity index (χ3n) is 4.62. The monoisotopic (exact) mass is 317 g/mol. The van der Waals surface area contributed by atoms with E-state index >= 15 is 0 Å². The number of amides is 1. The van der Waals surface area contributed by atoms with Gasteiger partial charge in [-0.25, -0.2) is 0 Å². The summed E-state index contributed by atoms with van der Waals surface area (Å²) in [7, 11) is 0. The quantitative estimate of drug-likeness (QED) is 0.746. The van der Waals surface area contributed by atoms with Crippen LogP contribution in [0.25, 0.3) is 23.1 Å². The summed E-state index contributed by atoms with van der Waals surface area (Å²) in [5.74, 6) is 0.310. The summed E-state index contributed by atoms with van der Waals surface area (Å²) in [6.07, 6.45) is 7.14. The SMILES string of the molecule is O=C(Nc1ccccc1/C=C/c1n[nH]c2ccccc12)C1CCC1. The summed E-state index contributed by atoms with van der Waals surface area (Å²) in [6, 6.07) is 15.9. The molecule has 0 aliphatic heterocycles. The molecule has 0 radical (unpaired) electrons. The van der Waals surface area contributed by atoms with Crippen LogP contribution in [-0.2, 0) is 4.79 Å². The summed E-state index contributed by atoms with van der Waals surface area (Å²) in [6.45, 7) is 0. The number of fused-ring (bicyclic) bond motifs is 1. The summed E-state index contributed by atoms with van der Waals surface area (Å²) in [5, 5.41) is 11.5. The van der Waals surface area contributed by atoms with Gasteiger partial charge in [0, 0.05) is 17.0 Å². The Labute approximate surface area is 140 Å². The summed E-state index contributed by atoms with van der Waals surface area (Å²) in [5.41, 5.74) is 3.75. The van der Waals surface area contributed by atoms with Crippen LogP contribution >= 0.6 is 0 Å². The van der Waals surface area contributed by atoms with Gasteiger partial charge in [-0.05, 0) is 36.6 Å². The predicted octanol–water partition coefficient (Wildman–Crippen LogP) is 4.47. The van der Waals surface area contributed by atoms with E-state index in [1.807, 2.05) is 60.7 Å². The second-order valence-corrected chi connectivity index (χ2v) is 6.19. The lowest BCUT2D eigenvalue weighted by atomic mass is 9.85. The molecule has 0 unspecified atom stereocenters. The molecule has 3 aromatic rings. The Bertz CT molecular complexity index is 906. The minimum Gasteiger partial charge on any atom is -0.325 e. The van der Waals surface area contributed by atoms with Gasteiger partial charge in [0.15, 0.2) is 0 Å². The summed E-state index contributed by atoms with van der Waals surface area (Å²) >= 11 is 0. The first-order valence-corrected chi connectivity index (χ1v) is 8.32. The first-order valence-electron chi connectivity index (χ1n) is 8.32. The Hall–Kier alpha value is -2.88. The highest BCUT2D eigenvalue weighted by Crippen LogP contribution is 2.28. The summed E-state index contributed by atoms with van der Waals surface area (Å²) < 4.78 is 0. The van der Waals surface area contributed by atoms with Crippen LogP contribution < -0.4 is 5.32 Å². The van der Waals surface area contributed by atoms with E-state index in [-0.39, 0.29) is 11.8 Å². The van der Waals surface area contributed by atoms with Gasteiger partial charge in [0.25, 0.3) is 0 Å². The van der Waals surface area contributed by atoms with Crippen LogP contribution in [0.1, 0.15) is 30.5 Å². The Morgan fingerprint density at radius 1 is 1.08 bits per heavy atom. The third-order valence-corrected chi connectivity index (χ3v) is 4.62. The lowest BCUT2D eigenvalue weighted by Crippen LogP contribution is -2.28. The third kappa shape index (κ3) is 2.83. The lowest BCUT2D eigenvalue weighted by molar-refractivity contribution is -0.122. The minimum atomic E-state index is 0.132. The average molecular weight is 317 g/mol. The lowest BCUT2D eigenvalue weighted by Gasteiger charge is -2.24. The molecule has 2 N–H and O–H groups in total. The molecule has 0 atom stereocenters. The maximum absolute atomic E-state index is 12.2. The molecule has 4 heteroatoms. The molecule has 0 bridgehead atoms. The van der Waals surface area contributed by atoms with Crippen LogP contribution in [-0.4, -0.2) is 16.1 Å². The maximum Gasteiger partial charge on any atom is 0.227 e. The number of hydrogen-bond acceptors (Lipinski definition) is 2. The number of benzene rings is 2. The van der Waals surface area contributed by atoms with Crippen molar-refractivity contribution in [3.8, 4) is 0 Å². The molecular formula is C20H19N3O. The standard InChI is InChI=1S/C20H19N3O/c24-20(15-7-5-8-15)21-17-10-3-1-6-14(17)12-13-19-16-9-2-4-11-18(16)22-23-19/h1-4,6,9-13,15H,5,7-8H2,(H,21,24)(H,22,23)/b13-12+. The maximum atomic E-state index is 12.2. The average Bonchev–Trinajstić information content (AvgIpc) is 2.96. The predicted molar refractivity (Wildman–Crippen MR) is 97.4 cm³/mol. The minimum absolute atomic E-state index is 0.132. The number of rotatable bonds is 4. The van der Waals surface area contributed by atoms with Gasteiger partial charge >= 0.3 is 0 Å². The second kappa shape index (κ2) is 6.32. The number of carbonyl (C=O) groups is 1. The van der Waals surface area contributed by atoms with Gasteiger partial charge in [-0.2, -0.15) is 5.10 Å². The number of carbonyl (C=O) groups excluding carboxylic acids is 1. The van der Waals surface area contributed by atoms with Gasteiger partial charge in [0.2, 0.25) is 5.91 Å². The molecule has 24 heavy (non-hydrogen) atoms. The van der Waals surface area contributed by atoms with E-state index < -0.39 is 0 Å². The van der Waals surface area contributed by atoms with E-state index in [0.29, 0.717) is 0 Å². The van der Waals surface area contributed by atoms with Gasteiger partial charge in [0.05, 0.1) is 11.2 Å². The van der Waals surface area contributed by atoms with Crippen LogP contribution in [0.3, 0.4) is 0 Å². The Balaban J connectivity index is 1.59. The molecule has 4 rings (SSSR count). The van der Waals surface area contributed by atoms with Crippen molar-refractivity contribution in [2.45, 2.75) is 19.3 Å². The van der Waals surface area contributed by atoms with Gasteiger partial charge in [-0.1, -0.05) is 48.9 Å². The van der Waals surface area contributed by atoms with E-state index in [1.165, 1.54) is 0 Å². The zero-order chi connectivity index (χ0) is 16.4. The van der Waals surface area contributed by atoms with Gasteiger partial charge in [-0.3, -0.25) is 9.89 Å². The fourth-order valence-corrected chi connectivity index (χ4v) is 2.94. The van der Waals surface area contributed by atoms with E-state index in [4.69, 9.17) is 0 Å². The van der Waals surface area contributed by atoms with Crippen molar-refractivity contribution in [2.75, 3.05) is 5.32 Å². The van der Waals surface area contributed by atoms with Crippen molar-refractivity contribution < 1.29 is 4.79 Å². The topological polar surface area (TPSA) is 57.8 Å². The van der Waals surface area contributed by atoms with Crippen molar-refractivity contribution in [1.82, 2.24) is 10.2 Å². The number of nitrogens with zero attached hydrogens (tertiary/aromatic N) is 1. The Morgan fingerprint density at radius 2 is 1.88 bits per heavy atom. The largest absolute Gasteiger partial charge is 0.325 e. The number of anilines is 1. The van der Waals surface area contributed by atoms with Gasteiger partial charge < -0.3 is 5.32 Å². The number of H-pyrrole nitrogens is 1. The number of para-hydroxylation sites is 2. The molecule has 1 aliphatic carbocycles. The molecule has 1 saturated carbocycles. The molecule has 1 heterocycles. The highest BCUT2D eigenvalue weighted by atomic mass is 16.1. The molecule has 0 spiro atoms. The van der Waals surface area contributed by atoms with E-state index in [0.717, 1.165) is 47.1 Å². The number of hydrogen-bond donors (Lipinski definition) is 2. The fourth-order valence-electron chi connectivity index (χ4n) is 2.94. The smallest absolute Gasteiger partial charge is 0.227 e. The van der Waals surface area contributed by atoms with Crippen LogP contribution in [0.5, 0.6) is 0 Å². The molecule has 1 fully saturated rings. The molecule has 2 aromatic carbocycles. The Morgan fingerprint density at radius 3 is 2.71 bits per heavy atom. The van der Waals surface area contributed by atoms with Crippen molar-refractivity contribution in [2.24, 2.45) is 5.92 Å². The summed E-state index contributed by atoms with van der Waals surface area (Å²) in [4.78, 5) is 12.2. The second-order valence-electron chi connectivity index (χ2n) is 6.19. The number of nitrogens with one attached hydrogen (secondary N) is 2. The zero-order valence-corrected chi connectivity index (χ0v) is 13.3. The van der Waals surface area contributed by atoms with Crippen molar-refractivity contribution in [1.29, 1.82) is 0 Å². The molecule has 1 amide bonds. The van der Waals surface area contributed by atoms with Crippen LogP contribution in [0.2, 0.25) is 0 Å². The van der Waals surface area contributed by atoms with Crippen molar-refractivity contribution in [3.63, 3.8) is 0 Å². The first-order chi connectivity index (χ1) is 11.8. The first kappa shape index (κ1) is 14.7. The molecule has 1 aromatic heterocycles. The fraction of sp³-hybridized carbons (Fsp3) is 0.200. The van der Waals surface area contributed by atoms with Crippen LogP contribution in [0.15, 0.2) is 48.5 Å². The van der Waals surface area contributed by atoms with Gasteiger partial charge in [0.1, 0.15) is 0 Å². The molecule has 1 aliphatic rings. The van der Waals surface area contributed by atoms with E-state index in [9.17, 15) is 4.79 Å². The Kier molecular flexibility index (Phi) is 3.87. The molecular weight excluding hydrogens is 298 g/mol.